The van der Waals surface area contributed by atoms with Crippen molar-refractivity contribution >= 4 is 30.9 Å². The minimum absolute atomic E-state index is 0.0357. The number of alkyl halides is 6. The number of hydrogen-bond acceptors (Lipinski definition) is 10. The van der Waals surface area contributed by atoms with E-state index in [1.165, 1.54) is 11.4 Å². The van der Waals surface area contributed by atoms with E-state index in [4.69, 9.17) is 38.7 Å². The van der Waals surface area contributed by atoms with E-state index in [1.54, 1.807) is 5.32 Å². The molecular formula is C17H24Cl2F6N2O10Pd. The van der Waals surface area contributed by atoms with Crippen molar-refractivity contribution in [3.63, 3.8) is 0 Å². The molecule has 0 aromatic heterocycles. The standard InChI is InChI=1S/C10H14F3NO5.C7H10F3NO5.2ClH.Pd/c1-2-3-18-8-7(16)6(15)5(4-19-8)14-9(17)10(11,12)13;8-7(9,10)6(15)11-2-1-16-5(14)4(13)3(2)12;;;/h2,5-8,15-16H,1,3-4H2,(H,14,17);2-5,12-14H,1H2,(H,11,15);2*1H;/q;;;;+2/p-2/t5-,6-,7-,8-;2-,3-,4-,5-;;;/m00.../s1. The fraction of sp³-hybridized carbons (Fsp3) is 0.765. The first-order valence-electron chi connectivity index (χ1n) is 9.86. The molecule has 8 atom stereocenters. The van der Waals surface area contributed by atoms with Crippen LogP contribution < -0.4 is 10.6 Å². The second-order valence-corrected chi connectivity index (χ2v) is 9.57. The van der Waals surface area contributed by atoms with Crippen molar-refractivity contribution in [2.45, 2.75) is 61.4 Å². The molecule has 2 amide bonds. The van der Waals surface area contributed by atoms with Gasteiger partial charge in [0.2, 0.25) is 0 Å². The first-order valence-corrected chi connectivity index (χ1v) is 13.9. The Balaban J connectivity index is 0.000000660. The zero-order valence-corrected chi connectivity index (χ0v) is 21.7. The van der Waals surface area contributed by atoms with E-state index in [2.05, 4.69) is 11.3 Å². The molecule has 2 heterocycles. The molecule has 0 unspecified atom stereocenters. The zero-order chi connectivity index (χ0) is 29.8. The molecule has 0 aromatic rings. The van der Waals surface area contributed by atoms with Gasteiger partial charge in [-0.3, -0.25) is 9.59 Å². The molecule has 2 aliphatic heterocycles. The van der Waals surface area contributed by atoms with Gasteiger partial charge in [-0.2, -0.15) is 26.3 Å². The summed E-state index contributed by atoms with van der Waals surface area (Å²) < 4.78 is 86.0. The summed E-state index contributed by atoms with van der Waals surface area (Å²) in [4.78, 5) is 21.2. The van der Waals surface area contributed by atoms with Crippen molar-refractivity contribution in [2.24, 2.45) is 0 Å². The fourth-order valence-corrected chi connectivity index (χ4v) is 2.66. The molecule has 0 radical (unpaired) electrons. The maximum absolute atomic E-state index is 12.0. The quantitative estimate of drug-likeness (QED) is 0.104. The Hall–Kier alpha value is -0.818. The van der Waals surface area contributed by atoms with Gasteiger partial charge >= 0.3 is 59.2 Å². The first-order chi connectivity index (χ1) is 17.4. The number of aliphatic hydroxyl groups is 5. The topological polar surface area (TPSA) is 187 Å². The Morgan fingerprint density at radius 1 is 0.868 bits per heavy atom. The zero-order valence-electron chi connectivity index (χ0n) is 18.6. The van der Waals surface area contributed by atoms with Crippen molar-refractivity contribution in [3.8, 4) is 0 Å². The van der Waals surface area contributed by atoms with E-state index in [0.717, 1.165) is 0 Å². The number of aliphatic hydroxyl groups excluding tert-OH is 5. The van der Waals surface area contributed by atoms with Gasteiger partial charge in [0, 0.05) is 0 Å². The van der Waals surface area contributed by atoms with Crippen LogP contribution in [0.1, 0.15) is 0 Å². The van der Waals surface area contributed by atoms with Gasteiger partial charge in [-0.25, -0.2) is 0 Å². The van der Waals surface area contributed by atoms with Crippen LogP contribution in [0.3, 0.4) is 0 Å². The number of nitrogens with one attached hydrogen (secondary N) is 2. The van der Waals surface area contributed by atoms with Crippen molar-refractivity contribution < 1.29 is 91.6 Å². The van der Waals surface area contributed by atoms with Crippen LogP contribution in [0.2, 0.25) is 0 Å². The van der Waals surface area contributed by atoms with Crippen molar-refractivity contribution in [2.75, 3.05) is 19.8 Å². The number of ether oxygens (including phenoxy) is 3. The fourth-order valence-electron chi connectivity index (χ4n) is 2.66. The third-order valence-corrected chi connectivity index (χ3v) is 4.51. The molecule has 38 heavy (non-hydrogen) atoms. The molecule has 0 aromatic carbocycles. The van der Waals surface area contributed by atoms with Gasteiger partial charge in [0.05, 0.1) is 31.9 Å². The molecule has 0 bridgehead atoms. The van der Waals surface area contributed by atoms with Gasteiger partial charge in [-0.05, 0) is 0 Å². The molecule has 2 aliphatic rings. The molecule has 2 saturated heterocycles. The average Bonchev–Trinajstić information content (AvgIpc) is 2.81. The Labute approximate surface area is 226 Å². The SMILES string of the molecule is C=CCO[C@H]1OC[C@H](NC(=O)C(F)(F)F)[C@H](O)[C@@H]1O.O=C(N[C@H]1CO[C@H](O)[C@@H](O)[C@H]1O)C(F)(F)F.[Cl][Pd][Cl]. The van der Waals surface area contributed by atoms with Crippen LogP contribution in [0.25, 0.3) is 0 Å². The number of carbonyl (C=O) groups excluding carboxylic acids is 2. The second-order valence-electron chi connectivity index (χ2n) is 7.21. The molecular weight excluding hydrogens is 684 g/mol. The summed E-state index contributed by atoms with van der Waals surface area (Å²) in [6, 6.07) is -2.79. The summed E-state index contributed by atoms with van der Waals surface area (Å²) in [6.45, 7) is 2.46. The molecule has 228 valence electrons. The van der Waals surface area contributed by atoms with Gasteiger partial charge < -0.3 is 50.4 Å². The minimum atomic E-state index is -5.08. The number of rotatable bonds is 5. The van der Waals surface area contributed by atoms with Gasteiger partial charge in [0.1, 0.15) is 24.4 Å². The van der Waals surface area contributed by atoms with Crippen molar-refractivity contribution in [1.29, 1.82) is 0 Å². The number of hydrogen-bond donors (Lipinski definition) is 7. The average molecular weight is 708 g/mol. The second kappa shape index (κ2) is 17.1. The molecule has 7 N–H and O–H groups in total. The van der Waals surface area contributed by atoms with Gasteiger partial charge in [0.25, 0.3) is 0 Å². The Kier molecular flexibility index (Phi) is 16.7. The summed E-state index contributed by atoms with van der Waals surface area (Å²) in [5.41, 5.74) is 0. The summed E-state index contributed by atoms with van der Waals surface area (Å²) >= 11 is -0.106. The predicted molar refractivity (Wildman–Crippen MR) is 110 cm³/mol. The van der Waals surface area contributed by atoms with Crippen LogP contribution in [0, 0.1) is 0 Å². The summed E-state index contributed by atoms with van der Waals surface area (Å²) in [7, 11) is 9.63. The molecule has 2 fully saturated rings. The molecule has 0 saturated carbocycles. The van der Waals surface area contributed by atoms with Crippen LogP contribution in [0.15, 0.2) is 12.7 Å². The molecule has 12 nitrogen and oxygen atoms in total. The van der Waals surface area contributed by atoms with Crippen LogP contribution in [0.5, 0.6) is 0 Å². The van der Waals surface area contributed by atoms with E-state index >= 15 is 0 Å². The number of halogens is 8. The first kappa shape index (κ1) is 37.2. The Bertz CT molecular complexity index is 757. The van der Waals surface area contributed by atoms with Gasteiger partial charge in [-0.15, -0.1) is 6.58 Å². The van der Waals surface area contributed by atoms with Crippen LogP contribution in [-0.2, 0) is 39.7 Å². The summed E-state index contributed by atoms with van der Waals surface area (Å²) in [5, 5.41) is 49.4. The van der Waals surface area contributed by atoms with Gasteiger partial charge in [0.15, 0.2) is 12.6 Å². The van der Waals surface area contributed by atoms with E-state index < -0.39 is 86.5 Å². The molecule has 0 spiro atoms. The van der Waals surface area contributed by atoms with Crippen molar-refractivity contribution in [3.05, 3.63) is 12.7 Å². The number of carbonyl (C=O) groups is 2. The van der Waals surface area contributed by atoms with E-state index in [-0.39, 0.29) is 22.5 Å². The third kappa shape index (κ3) is 12.6. The number of amides is 2. The predicted octanol–water partition coefficient (Wildman–Crippen LogP) is -1.21. The normalized spacial score (nSPS) is 31.6. The molecule has 2 rings (SSSR count). The summed E-state index contributed by atoms with van der Waals surface area (Å²) in [5.74, 6) is -4.46. The Morgan fingerprint density at radius 2 is 1.26 bits per heavy atom. The van der Waals surface area contributed by atoms with E-state index in [9.17, 15) is 51.3 Å². The van der Waals surface area contributed by atoms with Crippen molar-refractivity contribution in [1.82, 2.24) is 10.6 Å². The van der Waals surface area contributed by atoms with E-state index in [1.807, 2.05) is 0 Å². The third-order valence-electron chi connectivity index (χ3n) is 4.51. The summed E-state index contributed by atoms with van der Waals surface area (Å²) in [6.07, 6.45) is -18.4. The van der Waals surface area contributed by atoms with Crippen LogP contribution >= 0.6 is 19.1 Å². The maximum atomic E-state index is 12.0. The van der Waals surface area contributed by atoms with Crippen LogP contribution in [-0.4, -0.2) is 119 Å². The molecule has 21 heteroatoms. The van der Waals surface area contributed by atoms with Gasteiger partial charge in [-0.1, -0.05) is 6.08 Å². The van der Waals surface area contributed by atoms with Crippen LogP contribution in [0.4, 0.5) is 26.3 Å². The monoisotopic (exact) mass is 706 g/mol. The molecule has 0 aliphatic carbocycles. The Morgan fingerprint density at radius 3 is 1.66 bits per heavy atom. The van der Waals surface area contributed by atoms with E-state index in [0.29, 0.717) is 0 Å².